The highest BCUT2D eigenvalue weighted by Gasteiger charge is 2.35. The summed E-state index contributed by atoms with van der Waals surface area (Å²) in [6, 6.07) is 9.88. The molecule has 0 radical (unpaired) electrons. The van der Waals surface area contributed by atoms with E-state index in [9.17, 15) is 24.6 Å². The quantitative estimate of drug-likeness (QED) is 0.652. The van der Waals surface area contributed by atoms with E-state index in [0.717, 1.165) is 23.6 Å². The lowest BCUT2D eigenvalue weighted by atomic mass is 10.1. The van der Waals surface area contributed by atoms with Gasteiger partial charge in [0.15, 0.2) is 11.4 Å². The Bertz CT molecular complexity index is 922. The zero-order valence-corrected chi connectivity index (χ0v) is 14.5. The molecule has 8 nitrogen and oxygen atoms in total. The number of fused-ring (bicyclic) bond motifs is 1. The van der Waals surface area contributed by atoms with Gasteiger partial charge in [0.1, 0.15) is 11.8 Å². The number of hydrogen-bond donors (Lipinski definition) is 3. The van der Waals surface area contributed by atoms with Crippen LogP contribution in [-0.2, 0) is 13.0 Å². The lowest BCUT2D eigenvalue weighted by Crippen LogP contribution is -2.49. The number of aliphatic hydroxyl groups excluding tert-OH is 1. The monoisotopic (exact) mass is 372 g/mol. The third kappa shape index (κ3) is 3.70. The minimum absolute atomic E-state index is 0.117. The number of carbonyl (C=O) groups excluding carboxylic acids is 1. The maximum atomic E-state index is 12.6. The standard InChI is InChI=1S/C19H20N2O6/c22-14-11-20-10-13(19(26)27)16(23)17(24)15(20)18(25)21(14)9-5-4-8-12-6-2-1-3-7-12/h1-3,6-7,10,14,22,24H,4-5,8-9,11H2,(H,26,27). The van der Waals surface area contributed by atoms with Crippen molar-refractivity contribution < 1.29 is 24.9 Å². The Labute approximate surface area is 154 Å². The zero-order chi connectivity index (χ0) is 19.6. The molecule has 0 fully saturated rings. The third-order valence-electron chi connectivity index (χ3n) is 4.63. The molecule has 8 heteroatoms. The smallest absolute Gasteiger partial charge is 0.341 e. The molecule has 27 heavy (non-hydrogen) atoms. The fourth-order valence-corrected chi connectivity index (χ4v) is 3.22. The summed E-state index contributed by atoms with van der Waals surface area (Å²) in [5.74, 6) is -3.10. The van der Waals surface area contributed by atoms with E-state index in [2.05, 4.69) is 0 Å². The van der Waals surface area contributed by atoms with Crippen LogP contribution in [0.3, 0.4) is 0 Å². The summed E-state index contributed by atoms with van der Waals surface area (Å²) in [5, 5.41) is 29.3. The van der Waals surface area contributed by atoms with Crippen LogP contribution < -0.4 is 5.43 Å². The summed E-state index contributed by atoms with van der Waals surface area (Å²) in [6.45, 7) is 0.148. The molecule has 0 bridgehead atoms. The van der Waals surface area contributed by atoms with E-state index in [1.807, 2.05) is 30.3 Å². The number of rotatable bonds is 6. The molecule has 2 aromatic rings. The van der Waals surface area contributed by atoms with Crippen LogP contribution >= 0.6 is 0 Å². The molecule has 142 valence electrons. The summed E-state index contributed by atoms with van der Waals surface area (Å²) in [6.07, 6.45) is 2.09. The molecular weight excluding hydrogens is 352 g/mol. The van der Waals surface area contributed by atoms with Gasteiger partial charge in [0.05, 0.1) is 6.54 Å². The average molecular weight is 372 g/mol. The van der Waals surface area contributed by atoms with E-state index in [1.54, 1.807) is 0 Å². The summed E-state index contributed by atoms with van der Waals surface area (Å²) >= 11 is 0. The Hall–Kier alpha value is -3.13. The van der Waals surface area contributed by atoms with Gasteiger partial charge in [0, 0.05) is 12.7 Å². The van der Waals surface area contributed by atoms with Crippen LogP contribution in [0.5, 0.6) is 5.75 Å². The molecule has 0 aliphatic carbocycles. The van der Waals surface area contributed by atoms with Crippen LogP contribution in [-0.4, -0.2) is 49.4 Å². The van der Waals surface area contributed by atoms with E-state index in [-0.39, 0.29) is 18.8 Å². The van der Waals surface area contributed by atoms with E-state index in [4.69, 9.17) is 5.11 Å². The second-order valence-electron chi connectivity index (χ2n) is 6.45. The summed E-state index contributed by atoms with van der Waals surface area (Å²) in [7, 11) is 0. The summed E-state index contributed by atoms with van der Waals surface area (Å²) in [4.78, 5) is 36.9. The third-order valence-corrected chi connectivity index (χ3v) is 4.63. The van der Waals surface area contributed by atoms with Crippen LogP contribution in [0, 0.1) is 0 Å². The van der Waals surface area contributed by atoms with Crippen molar-refractivity contribution in [1.82, 2.24) is 9.47 Å². The summed E-state index contributed by atoms with van der Waals surface area (Å²) < 4.78 is 1.12. The van der Waals surface area contributed by atoms with Crippen molar-refractivity contribution in [3.8, 4) is 5.75 Å². The van der Waals surface area contributed by atoms with Crippen molar-refractivity contribution in [2.45, 2.75) is 32.0 Å². The summed E-state index contributed by atoms with van der Waals surface area (Å²) in [5.41, 5.74) is -0.868. The number of carboxylic acids is 1. The number of aryl methyl sites for hydroxylation is 1. The van der Waals surface area contributed by atoms with Crippen LogP contribution in [0.4, 0.5) is 0 Å². The van der Waals surface area contributed by atoms with Crippen molar-refractivity contribution in [2.75, 3.05) is 6.54 Å². The Balaban J connectivity index is 1.73. The maximum Gasteiger partial charge on any atom is 0.341 e. The van der Waals surface area contributed by atoms with Gasteiger partial charge in [0.25, 0.3) is 5.91 Å². The molecule has 0 saturated heterocycles. The number of unbranched alkanes of at least 4 members (excludes halogenated alkanes) is 1. The van der Waals surface area contributed by atoms with Gasteiger partial charge < -0.3 is 24.8 Å². The zero-order valence-electron chi connectivity index (χ0n) is 14.5. The lowest BCUT2D eigenvalue weighted by molar-refractivity contribution is -0.0129. The molecule has 1 aliphatic rings. The average Bonchev–Trinajstić information content (AvgIpc) is 2.64. The first-order valence-corrected chi connectivity index (χ1v) is 8.63. The normalized spacial score (nSPS) is 16.3. The highest BCUT2D eigenvalue weighted by atomic mass is 16.4. The number of amides is 1. The van der Waals surface area contributed by atoms with Crippen LogP contribution in [0.25, 0.3) is 0 Å². The van der Waals surface area contributed by atoms with Crippen molar-refractivity contribution in [2.24, 2.45) is 0 Å². The SMILES string of the molecule is O=C(O)c1cn2c(c(O)c1=O)C(=O)N(CCCCc1ccccc1)C(O)C2. The maximum absolute atomic E-state index is 12.6. The molecule has 1 amide bonds. The molecule has 0 spiro atoms. The molecule has 3 rings (SSSR count). The van der Waals surface area contributed by atoms with Crippen molar-refractivity contribution in [3.63, 3.8) is 0 Å². The topological polar surface area (TPSA) is 120 Å². The van der Waals surface area contributed by atoms with Crippen LogP contribution in [0.2, 0.25) is 0 Å². The van der Waals surface area contributed by atoms with Gasteiger partial charge in [-0.05, 0) is 24.8 Å². The van der Waals surface area contributed by atoms with E-state index >= 15 is 0 Å². The minimum Gasteiger partial charge on any atom is -0.503 e. The largest absolute Gasteiger partial charge is 0.503 e. The molecule has 0 saturated carbocycles. The molecule has 1 aromatic heterocycles. The van der Waals surface area contributed by atoms with Gasteiger partial charge in [-0.1, -0.05) is 30.3 Å². The highest BCUT2D eigenvalue weighted by molar-refractivity contribution is 5.97. The fraction of sp³-hybridized carbons (Fsp3) is 0.316. The molecule has 1 aromatic carbocycles. The number of carbonyl (C=O) groups is 2. The Morgan fingerprint density at radius 2 is 1.85 bits per heavy atom. The molecule has 3 N–H and O–H groups in total. The number of nitrogens with zero attached hydrogens (tertiary/aromatic N) is 2. The Kier molecular flexibility index (Phi) is 5.27. The van der Waals surface area contributed by atoms with Gasteiger partial charge in [-0.25, -0.2) is 4.79 Å². The number of aromatic hydroxyl groups is 1. The number of aromatic nitrogens is 1. The van der Waals surface area contributed by atoms with Crippen molar-refractivity contribution >= 4 is 11.9 Å². The second-order valence-corrected chi connectivity index (χ2v) is 6.45. The van der Waals surface area contributed by atoms with Gasteiger partial charge in [-0.2, -0.15) is 0 Å². The molecule has 1 aliphatic heterocycles. The molecule has 1 atom stereocenters. The van der Waals surface area contributed by atoms with Crippen LogP contribution in [0.15, 0.2) is 41.3 Å². The number of carboxylic acid groups (broad SMARTS) is 1. The van der Waals surface area contributed by atoms with Crippen LogP contribution in [0.1, 0.15) is 39.3 Å². The van der Waals surface area contributed by atoms with Gasteiger partial charge >= 0.3 is 5.97 Å². The predicted molar refractivity (Wildman–Crippen MR) is 95.7 cm³/mol. The lowest BCUT2D eigenvalue weighted by Gasteiger charge is -2.34. The van der Waals surface area contributed by atoms with Crippen molar-refractivity contribution in [1.29, 1.82) is 0 Å². The first-order valence-electron chi connectivity index (χ1n) is 8.63. The molecule has 1 unspecified atom stereocenters. The second kappa shape index (κ2) is 7.63. The molecule has 2 heterocycles. The number of aliphatic hydroxyl groups is 1. The van der Waals surface area contributed by atoms with Gasteiger partial charge in [0.2, 0.25) is 5.43 Å². The first kappa shape index (κ1) is 18.7. The van der Waals surface area contributed by atoms with Crippen molar-refractivity contribution in [3.05, 3.63) is 63.6 Å². The highest BCUT2D eigenvalue weighted by Crippen LogP contribution is 2.23. The number of benzene rings is 1. The van der Waals surface area contributed by atoms with Gasteiger partial charge in [-0.3, -0.25) is 9.59 Å². The van der Waals surface area contributed by atoms with E-state index < -0.39 is 34.8 Å². The first-order chi connectivity index (χ1) is 12.9. The predicted octanol–water partition coefficient (Wildman–Crippen LogP) is 1.05. The minimum atomic E-state index is -1.50. The number of aromatic carboxylic acids is 1. The van der Waals surface area contributed by atoms with E-state index in [1.165, 1.54) is 10.5 Å². The fourth-order valence-electron chi connectivity index (χ4n) is 3.22. The Morgan fingerprint density at radius 3 is 2.52 bits per heavy atom. The number of pyridine rings is 1. The molecular formula is C19H20N2O6. The Morgan fingerprint density at radius 1 is 1.15 bits per heavy atom. The number of hydrogen-bond acceptors (Lipinski definition) is 5. The van der Waals surface area contributed by atoms with E-state index in [0.29, 0.717) is 6.42 Å². The van der Waals surface area contributed by atoms with Gasteiger partial charge in [-0.15, -0.1) is 0 Å².